The molecule has 4 heteroatoms. The molecule has 3 aromatic rings. The van der Waals surface area contributed by atoms with Crippen LogP contribution in [0.25, 0.3) is 11.1 Å². The van der Waals surface area contributed by atoms with Crippen LogP contribution in [-0.4, -0.2) is 19.2 Å². The first-order chi connectivity index (χ1) is 25.1. The zero-order valence-corrected chi connectivity index (χ0v) is 32.6. The molecule has 1 unspecified atom stereocenters. The number of carbonyl (C=O) groups is 1. The molecular weight excluding hydrogens is 629 g/mol. The summed E-state index contributed by atoms with van der Waals surface area (Å²) in [7, 11) is 0. The molecule has 51 heavy (non-hydrogen) atoms. The van der Waals surface area contributed by atoms with Gasteiger partial charge in [0.1, 0.15) is 0 Å². The molecular formula is C47H70O4. The molecule has 0 aliphatic heterocycles. The van der Waals surface area contributed by atoms with Gasteiger partial charge in [-0.05, 0) is 60.7 Å². The zero-order chi connectivity index (χ0) is 36.2. The predicted octanol–water partition coefficient (Wildman–Crippen LogP) is 14.7. The number of rotatable bonds is 30. The van der Waals surface area contributed by atoms with Gasteiger partial charge in [-0.2, -0.15) is 0 Å². The van der Waals surface area contributed by atoms with E-state index < -0.39 is 0 Å². The maximum Gasteiger partial charge on any atom is 0.343 e. The summed E-state index contributed by atoms with van der Waals surface area (Å²) in [5.41, 5.74) is 3.87. The fourth-order valence-corrected chi connectivity index (χ4v) is 6.63. The van der Waals surface area contributed by atoms with Gasteiger partial charge in [0.25, 0.3) is 0 Å². The van der Waals surface area contributed by atoms with E-state index in [0.29, 0.717) is 23.7 Å². The highest BCUT2D eigenvalue weighted by Gasteiger charge is 2.13. The summed E-state index contributed by atoms with van der Waals surface area (Å²) < 4.78 is 18.0. The van der Waals surface area contributed by atoms with E-state index in [2.05, 4.69) is 45.0 Å². The van der Waals surface area contributed by atoms with Crippen molar-refractivity contribution in [3.05, 3.63) is 83.9 Å². The second-order valence-electron chi connectivity index (χ2n) is 14.5. The summed E-state index contributed by atoms with van der Waals surface area (Å²) >= 11 is 0. The Morgan fingerprint density at radius 1 is 0.490 bits per heavy atom. The fraction of sp³-hybridized carbons (Fsp3) is 0.596. The van der Waals surface area contributed by atoms with Gasteiger partial charge in [0.2, 0.25) is 0 Å². The van der Waals surface area contributed by atoms with Gasteiger partial charge in [-0.25, -0.2) is 4.79 Å². The lowest BCUT2D eigenvalue weighted by Gasteiger charge is -2.14. The Balaban J connectivity index is 1.32. The molecule has 0 aliphatic carbocycles. The molecule has 0 radical (unpaired) electrons. The molecule has 0 heterocycles. The van der Waals surface area contributed by atoms with Gasteiger partial charge in [-0.15, -0.1) is 0 Å². The number of para-hydroxylation sites is 2. The van der Waals surface area contributed by atoms with Gasteiger partial charge >= 0.3 is 5.97 Å². The minimum absolute atomic E-state index is 0.0747. The maximum atomic E-state index is 13.0. The quantitative estimate of drug-likeness (QED) is 0.0395. The third-order valence-electron chi connectivity index (χ3n) is 10.0. The molecule has 0 saturated heterocycles. The molecule has 0 saturated carbocycles. The highest BCUT2D eigenvalue weighted by atomic mass is 16.6. The normalized spacial score (nSPS) is 11.8. The molecule has 0 aliphatic rings. The van der Waals surface area contributed by atoms with Crippen LogP contribution < -0.4 is 9.47 Å². The van der Waals surface area contributed by atoms with E-state index in [4.69, 9.17) is 14.2 Å². The van der Waals surface area contributed by atoms with Gasteiger partial charge in [0, 0.05) is 6.61 Å². The lowest BCUT2D eigenvalue weighted by molar-refractivity contribution is 0.0627. The Morgan fingerprint density at radius 2 is 0.902 bits per heavy atom. The van der Waals surface area contributed by atoms with E-state index in [0.717, 1.165) is 37.0 Å². The average Bonchev–Trinajstić information content (AvgIpc) is 3.16. The Hall–Kier alpha value is -3.11. The number of esters is 1. The van der Waals surface area contributed by atoms with Crippen LogP contribution in [-0.2, 0) is 4.74 Å². The van der Waals surface area contributed by atoms with Crippen molar-refractivity contribution in [2.45, 2.75) is 168 Å². The monoisotopic (exact) mass is 699 g/mol. The van der Waals surface area contributed by atoms with E-state index in [1.54, 1.807) is 6.07 Å². The van der Waals surface area contributed by atoms with E-state index in [1.165, 1.54) is 128 Å². The van der Waals surface area contributed by atoms with Crippen molar-refractivity contribution in [1.82, 2.24) is 0 Å². The molecule has 3 rings (SSSR count). The number of benzene rings is 3. The van der Waals surface area contributed by atoms with Crippen molar-refractivity contribution in [1.29, 1.82) is 0 Å². The molecule has 3 aromatic carbocycles. The number of unbranched alkanes of at least 4 members (excludes halogenated alkanes) is 20. The van der Waals surface area contributed by atoms with E-state index in [1.807, 2.05) is 42.5 Å². The highest BCUT2D eigenvalue weighted by Crippen LogP contribution is 2.29. The summed E-state index contributed by atoms with van der Waals surface area (Å²) in [5, 5.41) is 0. The second-order valence-corrected chi connectivity index (χ2v) is 14.5. The Labute approximate surface area is 312 Å². The Bertz CT molecular complexity index is 1280. The van der Waals surface area contributed by atoms with Gasteiger partial charge in [-0.1, -0.05) is 191 Å². The molecule has 282 valence electrons. The number of hydrogen-bond donors (Lipinski definition) is 0. The summed E-state index contributed by atoms with van der Waals surface area (Å²) in [6.07, 6.45) is 29.2. The summed E-state index contributed by atoms with van der Waals surface area (Å²) in [6.45, 7) is 8.12. The smallest absolute Gasteiger partial charge is 0.343 e. The molecule has 0 aromatic heterocycles. The lowest BCUT2D eigenvalue weighted by atomic mass is 10.0. The maximum absolute atomic E-state index is 13.0. The number of carbonyl (C=O) groups excluding carboxylic acids is 1. The van der Waals surface area contributed by atoms with Crippen LogP contribution in [0.5, 0.6) is 11.5 Å². The van der Waals surface area contributed by atoms with Crippen LogP contribution in [0.3, 0.4) is 0 Å². The van der Waals surface area contributed by atoms with Crippen LogP contribution in [0.1, 0.15) is 184 Å². The number of hydrogen-bond acceptors (Lipinski definition) is 4. The van der Waals surface area contributed by atoms with Crippen LogP contribution in [0.15, 0.2) is 72.8 Å². The van der Waals surface area contributed by atoms with Crippen molar-refractivity contribution in [2.75, 3.05) is 13.2 Å². The van der Waals surface area contributed by atoms with Crippen LogP contribution in [0, 0.1) is 0 Å². The van der Waals surface area contributed by atoms with Crippen molar-refractivity contribution < 1.29 is 19.0 Å². The van der Waals surface area contributed by atoms with Crippen molar-refractivity contribution in [2.24, 2.45) is 0 Å². The minimum atomic E-state index is -0.383. The first kappa shape index (κ1) is 42.3. The second kappa shape index (κ2) is 27.5. The third-order valence-corrected chi connectivity index (χ3v) is 10.0. The fourth-order valence-electron chi connectivity index (χ4n) is 6.63. The van der Waals surface area contributed by atoms with Gasteiger partial charge < -0.3 is 14.2 Å². The summed E-state index contributed by atoms with van der Waals surface area (Å²) in [4.78, 5) is 13.0. The van der Waals surface area contributed by atoms with Crippen molar-refractivity contribution >= 4 is 5.97 Å². The average molecular weight is 699 g/mol. The molecule has 0 bridgehead atoms. The van der Waals surface area contributed by atoms with E-state index in [-0.39, 0.29) is 12.1 Å². The largest absolute Gasteiger partial charge is 0.490 e. The molecule has 0 amide bonds. The number of ether oxygens (including phenoxy) is 3. The Morgan fingerprint density at radius 3 is 1.39 bits per heavy atom. The van der Waals surface area contributed by atoms with Gasteiger partial charge in [-0.3, -0.25) is 0 Å². The van der Waals surface area contributed by atoms with Gasteiger partial charge in [0.05, 0.1) is 18.3 Å². The summed E-state index contributed by atoms with van der Waals surface area (Å²) in [5.74, 6) is 0.696. The Kier molecular flexibility index (Phi) is 22.8. The molecule has 0 fully saturated rings. The topological polar surface area (TPSA) is 44.8 Å². The van der Waals surface area contributed by atoms with Crippen LogP contribution in [0.4, 0.5) is 0 Å². The molecule has 0 spiro atoms. The first-order valence-electron chi connectivity index (χ1n) is 20.9. The van der Waals surface area contributed by atoms with Crippen molar-refractivity contribution in [3.63, 3.8) is 0 Å². The minimum Gasteiger partial charge on any atom is -0.490 e. The third kappa shape index (κ3) is 18.3. The van der Waals surface area contributed by atoms with Crippen LogP contribution in [0.2, 0.25) is 0 Å². The first-order valence-corrected chi connectivity index (χ1v) is 20.9. The SMILES string of the molecule is CCCCCCCCCCCCCCOC(C)c1ccc(-c2ccc(C(=O)Oc3ccccc3OCCCCCCCCCCCC)cc2)cc1. The molecule has 4 nitrogen and oxygen atoms in total. The van der Waals surface area contributed by atoms with E-state index >= 15 is 0 Å². The lowest BCUT2D eigenvalue weighted by Crippen LogP contribution is -2.10. The van der Waals surface area contributed by atoms with E-state index in [9.17, 15) is 4.79 Å². The standard InChI is InChI=1S/C47H70O4/c1-4-6-8-10-12-14-16-17-19-20-22-26-38-49-40(3)41-30-32-42(33-31-41)43-34-36-44(37-35-43)47(48)51-46-29-25-24-28-45(46)50-39-27-23-21-18-15-13-11-9-7-5-2/h24-25,28-37,40H,4-23,26-27,38-39H2,1-3H3. The highest BCUT2D eigenvalue weighted by molar-refractivity contribution is 5.92. The zero-order valence-electron chi connectivity index (χ0n) is 32.6. The summed E-state index contributed by atoms with van der Waals surface area (Å²) in [6, 6.07) is 23.6. The van der Waals surface area contributed by atoms with Gasteiger partial charge in [0.15, 0.2) is 11.5 Å². The molecule has 1 atom stereocenters. The molecule has 0 N–H and O–H groups in total. The van der Waals surface area contributed by atoms with Crippen molar-refractivity contribution in [3.8, 4) is 22.6 Å². The van der Waals surface area contributed by atoms with Crippen LogP contribution >= 0.6 is 0 Å². The predicted molar refractivity (Wildman–Crippen MR) is 216 cm³/mol.